The van der Waals surface area contributed by atoms with Crippen LogP contribution in [0, 0.1) is 0 Å². The molecule has 3 nitrogen and oxygen atoms in total. The fraction of sp³-hybridized carbons (Fsp3) is 0.231. The molecule has 1 atom stereocenters. The summed E-state index contributed by atoms with van der Waals surface area (Å²) in [6.07, 6.45) is 0. The molecule has 1 unspecified atom stereocenters. The maximum Gasteiger partial charge on any atom is 0.129 e. The van der Waals surface area contributed by atoms with Crippen molar-refractivity contribution in [1.29, 1.82) is 0 Å². The monoisotopic (exact) mass is 329 g/mol. The molecule has 1 aromatic heterocycles. The molecule has 0 amide bonds. The molecule has 1 heterocycles. The van der Waals surface area contributed by atoms with Gasteiger partial charge in [-0.25, -0.2) is 0 Å². The zero-order valence-corrected chi connectivity index (χ0v) is 12.2. The molecular weight excluding hydrogens is 318 g/mol. The number of ether oxygens (including phenoxy) is 1. The lowest BCUT2D eigenvalue weighted by molar-refractivity contribution is 0.162. The van der Waals surface area contributed by atoms with Crippen LogP contribution in [0.1, 0.15) is 23.1 Å². The molecular formula is C13H13BrClNO2. The molecule has 0 fully saturated rings. The maximum absolute atomic E-state index is 6.15. The Bertz CT molecular complexity index is 521. The Morgan fingerprint density at radius 2 is 2.17 bits per heavy atom. The van der Waals surface area contributed by atoms with Gasteiger partial charge in [0.05, 0.1) is 6.04 Å². The first-order valence-electron chi connectivity index (χ1n) is 5.39. The molecule has 2 N–H and O–H groups in total. The molecule has 18 heavy (non-hydrogen) atoms. The Hall–Kier alpha value is -0.810. The third kappa shape index (κ3) is 3.14. The molecule has 2 aromatic rings. The van der Waals surface area contributed by atoms with E-state index in [1.807, 2.05) is 30.3 Å². The van der Waals surface area contributed by atoms with Crippen LogP contribution in [-0.4, -0.2) is 7.11 Å². The van der Waals surface area contributed by atoms with Crippen LogP contribution in [0.2, 0.25) is 5.02 Å². The Morgan fingerprint density at radius 3 is 2.83 bits per heavy atom. The minimum Gasteiger partial charge on any atom is -0.462 e. The minimum absolute atomic E-state index is 0.342. The number of rotatable bonds is 4. The molecule has 0 radical (unpaired) electrons. The summed E-state index contributed by atoms with van der Waals surface area (Å²) in [7, 11) is 1.62. The Labute approximate surface area is 119 Å². The van der Waals surface area contributed by atoms with E-state index in [1.165, 1.54) is 0 Å². The quantitative estimate of drug-likeness (QED) is 0.925. The van der Waals surface area contributed by atoms with Gasteiger partial charge in [0.25, 0.3) is 0 Å². The number of benzene rings is 1. The highest BCUT2D eigenvalue weighted by Crippen LogP contribution is 2.27. The van der Waals surface area contributed by atoms with Crippen molar-refractivity contribution in [3.63, 3.8) is 0 Å². The summed E-state index contributed by atoms with van der Waals surface area (Å²) in [6.45, 7) is 0.436. The fourth-order valence-electron chi connectivity index (χ4n) is 1.70. The molecule has 1 aromatic carbocycles. The van der Waals surface area contributed by atoms with E-state index in [4.69, 9.17) is 26.5 Å². The zero-order valence-electron chi connectivity index (χ0n) is 9.82. The first-order valence-corrected chi connectivity index (χ1v) is 6.56. The summed E-state index contributed by atoms with van der Waals surface area (Å²) in [6, 6.07) is 8.94. The smallest absolute Gasteiger partial charge is 0.129 e. The van der Waals surface area contributed by atoms with Gasteiger partial charge >= 0.3 is 0 Å². The average molecular weight is 331 g/mol. The first kappa shape index (κ1) is 13.6. The van der Waals surface area contributed by atoms with Crippen molar-refractivity contribution in [2.24, 2.45) is 5.73 Å². The van der Waals surface area contributed by atoms with Gasteiger partial charge in [-0.3, -0.25) is 0 Å². The van der Waals surface area contributed by atoms with Gasteiger partial charge in [0.1, 0.15) is 18.1 Å². The SMILES string of the molecule is COCc1ccc(C(N)c2cc(Cl)cc(Br)c2)o1. The van der Waals surface area contributed by atoms with Gasteiger partial charge in [-0.15, -0.1) is 0 Å². The Balaban J connectivity index is 2.26. The number of nitrogens with two attached hydrogens (primary N) is 1. The van der Waals surface area contributed by atoms with E-state index >= 15 is 0 Å². The summed E-state index contributed by atoms with van der Waals surface area (Å²) >= 11 is 9.39. The van der Waals surface area contributed by atoms with E-state index < -0.39 is 0 Å². The molecule has 0 aliphatic carbocycles. The molecule has 0 bridgehead atoms. The third-order valence-corrected chi connectivity index (χ3v) is 3.20. The van der Waals surface area contributed by atoms with E-state index in [-0.39, 0.29) is 6.04 Å². The van der Waals surface area contributed by atoms with Gasteiger partial charge in [0.15, 0.2) is 0 Å². The van der Waals surface area contributed by atoms with Gasteiger partial charge in [0, 0.05) is 16.6 Å². The lowest BCUT2D eigenvalue weighted by Crippen LogP contribution is -2.10. The van der Waals surface area contributed by atoms with Crippen LogP contribution < -0.4 is 5.73 Å². The lowest BCUT2D eigenvalue weighted by Gasteiger charge is -2.10. The molecule has 0 spiro atoms. The topological polar surface area (TPSA) is 48.4 Å². The summed E-state index contributed by atoms with van der Waals surface area (Å²) in [5, 5.41) is 0.637. The molecule has 96 valence electrons. The Morgan fingerprint density at radius 1 is 1.39 bits per heavy atom. The maximum atomic E-state index is 6.15. The van der Waals surface area contributed by atoms with Crippen molar-refractivity contribution in [3.05, 3.63) is 56.9 Å². The van der Waals surface area contributed by atoms with Crippen molar-refractivity contribution in [3.8, 4) is 0 Å². The second-order valence-corrected chi connectivity index (χ2v) is 5.27. The number of hydrogen-bond donors (Lipinski definition) is 1. The number of methoxy groups -OCH3 is 1. The summed E-state index contributed by atoms with van der Waals surface area (Å²) in [5.41, 5.74) is 7.05. The van der Waals surface area contributed by atoms with Crippen molar-refractivity contribution >= 4 is 27.5 Å². The summed E-state index contributed by atoms with van der Waals surface area (Å²) in [4.78, 5) is 0. The minimum atomic E-state index is -0.342. The second-order valence-electron chi connectivity index (χ2n) is 3.92. The highest BCUT2D eigenvalue weighted by atomic mass is 79.9. The lowest BCUT2D eigenvalue weighted by atomic mass is 10.1. The molecule has 0 aliphatic heterocycles. The highest BCUT2D eigenvalue weighted by molar-refractivity contribution is 9.10. The molecule has 2 rings (SSSR count). The highest BCUT2D eigenvalue weighted by Gasteiger charge is 2.14. The van der Waals surface area contributed by atoms with Gasteiger partial charge in [0.2, 0.25) is 0 Å². The van der Waals surface area contributed by atoms with Crippen molar-refractivity contribution in [2.75, 3.05) is 7.11 Å². The molecule has 5 heteroatoms. The van der Waals surface area contributed by atoms with Crippen LogP contribution in [0.5, 0.6) is 0 Å². The van der Waals surface area contributed by atoms with E-state index in [1.54, 1.807) is 7.11 Å². The second kappa shape index (κ2) is 5.89. The third-order valence-electron chi connectivity index (χ3n) is 2.52. The van der Waals surface area contributed by atoms with Crippen LogP contribution >= 0.6 is 27.5 Å². The van der Waals surface area contributed by atoms with Crippen LogP contribution in [0.4, 0.5) is 0 Å². The number of halogens is 2. The van der Waals surface area contributed by atoms with Gasteiger partial charge in [-0.1, -0.05) is 27.5 Å². The number of furan rings is 1. The summed E-state index contributed by atoms with van der Waals surface area (Å²) < 4.78 is 11.5. The zero-order chi connectivity index (χ0) is 13.1. The fourth-order valence-corrected chi connectivity index (χ4v) is 2.59. The molecule has 0 saturated carbocycles. The van der Waals surface area contributed by atoms with E-state index in [0.29, 0.717) is 17.4 Å². The van der Waals surface area contributed by atoms with Crippen LogP contribution in [0.15, 0.2) is 39.2 Å². The molecule has 0 aliphatic rings. The summed E-state index contributed by atoms with van der Waals surface area (Å²) in [5.74, 6) is 1.44. The van der Waals surface area contributed by atoms with Crippen molar-refractivity contribution < 1.29 is 9.15 Å². The number of hydrogen-bond acceptors (Lipinski definition) is 3. The normalized spacial score (nSPS) is 12.7. The first-order chi connectivity index (χ1) is 8.60. The van der Waals surface area contributed by atoms with E-state index in [0.717, 1.165) is 15.8 Å². The van der Waals surface area contributed by atoms with Crippen LogP contribution in [0.25, 0.3) is 0 Å². The van der Waals surface area contributed by atoms with Crippen LogP contribution in [-0.2, 0) is 11.3 Å². The molecule has 0 saturated heterocycles. The predicted octanol–water partition coefficient (Wildman–Crippen LogP) is 3.89. The largest absolute Gasteiger partial charge is 0.462 e. The van der Waals surface area contributed by atoms with Crippen LogP contribution in [0.3, 0.4) is 0 Å². The Kier molecular flexibility index (Phi) is 4.45. The van der Waals surface area contributed by atoms with E-state index in [2.05, 4.69) is 15.9 Å². The van der Waals surface area contributed by atoms with Gasteiger partial charge in [-0.2, -0.15) is 0 Å². The van der Waals surface area contributed by atoms with Crippen molar-refractivity contribution in [1.82, 2.24) is 0 Å². The average Bonchev–Trinajstić information content (AvgIpc) is 2.76. The van der Waals surface area contributed by atoms with Crippen molar-refractivity contribution in [2.45, 2.75) is 12.6 Å². The van der Waals surface area contributed by atoms with Gasteiger partial charge < -0.3 is 14.9 Å². The standard InChI is InChI=1S/C13H13BrClNO2/c1-17-7-11-2-3-12(18-11)13(16)8-4-9(14)6-10(15)5-8/h2-6,13H,7,16H2,1H3. The predicted molar refractivity (Wildman–Crippen MR) is 74.6 cm³/mol. The van der Waals surface area contributed by atoms with E-state index in [9.17, 15) is 0 Å². The van der Waals surface area contributed by atoms with Gasteiger partial charge in [-0.05, 0) is 35.9 Å².